The van der Waals surface area contributed by atoms with Gasteiger partial charge in [0, 0.05) is 11.5 Å². The molecule has 0 atom stereocenters. The average molecular weight is 230 g/mol. The smallest absolute Gasteiger partial charge is 0.324 e. The second kappa shape index (κ2) is 3.95. The molecule has 0 aliphatic rings. The van der Waals surface area contributed by atoms with Crippen LogP contribution in [0.4, 0.5) is 28.6 Å². The number of hydrogen-bond donors (Lipinski definition) is 2. The van der Waals surface area contributed by atoms with E-state index < -0.39 is 18.9 Å². The van der Waals surface area contributed by atoms with E-state index in [9.17, 15) is 17.6 Å². The molecule has 0 saturated carbocycles. The Bertz CT molecular complexity index is 302. The van der Waals surface area contributed by atoms with Crippen LogP contribution in [0.15, 0.2) is 0 Å². The Kier molecular flexibility index (Phi) is 3.09. The van der Waals surface area contributed by atoms with Crippen molar-refractivity contribution < 1.29 is 17.6 Å². The van der Waals surface area contributed by atoms with Gasteiger partial charge in [0.2, 0.25) is 11.1 Å². The van der Waals surface area contributed by atoms with Gasteiger partial charge in [-0.3, -0.25) is 0 Å². The first-order valence-electron chi connectivity index (χ1n) is 3.41. The maximum absolute atomic E-state index is 12.4. The predicted molar refractivity (Wildman–Crippen MR) is 43.8 cm³/mol. The third-order valence-corrected chi connectivity index (χ3v) is 1.92. The van der Waals surface area contributed by atoms with Crippen LogP contribution >= 0.6 is 11.5 Å². The van der Waals surface area contributed by atoms with Crippen LogP contribution in [-0.2, 0) is 0 Å². The molecule has 80 valence electrons. The summed E-state index contributed by atoms with van der Waals surface area (Å²) in [5.41, 5.74) is 5.09. The summed E-state index contributed by atoms with van der Waals surface area (Å²) in [6, 6.07) is 0. The number of alkyl halides is 4. The van der Waals surface area contributed by atoms with Gasteiger partial charge in [0.05, 0.1) is 6.54 Å². The van der Waals surface area contributed by atoms with E-state index in [-0.39, 0.29) is 11.1 Å². The SMILES string of the molecule is Nc1nsc(NCC(F)(F)C(F)F)n1. The Morgan fingerprint density at radius 1 is 1.50 bits per heavy atom. The second-order valence-corrected chi connectivity index (χ2v) is 3.12. The second-order valence-electron chi connectivity index (χ2n) is 2.37. The lowest BCUT2D eigenvalue weighted by molar-refractivity contribution is -0.117. The van der Waals surface area contributed by atoms with Gasteiger partial charge in [-0.05, 0) is 0 Å². The van der Waals surface area contributed by atoms with E-state index in [0.29, 0.717) is 0 Å². The van der Waals surface area contributed by atoms with Crippen LogP contribution in [0.1, 0.15) is 0 Å². The molecule has 1 rings (SSSR count). The molecule has 3 N–H and O–H groups in total. The maximum atomic E-state index is 12.4. The Morgan fingerprint density at radius 2 is 2.14 bits per heavy atom. The van der Waals surface area contributed by atoms with Crippen molar-refractivity contribution in [3.8, 4) is 0 Å². The van der Waals surface area contributed by atoms with Crippen LogP contribution in [-0.4, -0.2) is 28.3 Å². The minimum absolute atomic E-state index is 0.0113. The summed E-state index contributed by atoms with van der Waals surface area (Å²) >= 11 is 0.726. The molecule has 0 fully saturated rings. The normalized spacial score (nSPS) is 12.1. The minimum Gasteiger partial charge on any atom is -0.367 e. The maximum Gasteiger partial charge on any atom is 0.324 e. The van der Waals surface area contributed by atoms with Gasteiger partial charge in [-0.25, -0.2) is 8.78 Å². The van der Waals surface area contributed by atoms with Crippen LogP contribution in [0.2, 0.25) is 0 Å². The van der Waals surface area contributed by atoms with Crippen LogP contribution in [0.5, 0.6) is 0 Å². The van der Waals surface area contributed by atoms with Crippen molar-refractivity contribution in [2.75, 3.05) is 17.6 Å². The quantitative estimate of drug-likeness (QED) is 0.768. The van der Waals surface area contributed by atoms with E-state index in [2.05, 4.69) is 9.36 Å². The number of nitrogens with two attached hydrogens (primary N) is 1. The van der Waals surface area contributed by atoms with Gasteiger partial charge >= 0.3 is 12.3 Å². The van der Waals surface area contributed by atoms with Crippen molar-refractivity contribution in [3.63, 3.8) is 0 Å². The third-order valence-electron chi connectivity index (χ3n) is 1.24. The molecule has 1 aromatic heterocycles. The van der Waals surface area contributed by atoms with Crippen molar-refractivity contribution in [2.24, 2.45) is 0 Å². The molecular weight excluding hydrogens is 224 g/mol. The molecule has 0 saturated heterocycles. The fourth-order valence-corrected chi connectivity index (χ4v) is 1.07. The largest absolute Gasteiger partial charge is 0.367 e. The zero-order chi connectivity index (χ0) is 10.8. The average Bonchev–Trinajstić information content (AvgIpc) is 2.48. The van der Waals surface area contributed by atoms with Gasteiger partial charge in [0.25, 0.3) is 0 Å². The summed E-state index contributed by atoms with van der Waals surface area (Å²) in [5.74, 6) is -4.17. The third kappa shape index (κ3) is 2.69. The lowest BCUT2D eigenvalue weighted by atomic mass is 10.3. The number of nitrogen functional groups attached to an aromatic ring is 1. The molecule has 4 nitrogen and oxygen atoms in total. The van der Waals surface area contributed by atoms with Crippen LogP contribution in [0.25, 0.3) is 0 Å². The first-order chi connectivity index (χ1) is 6.42. The molecule has 1 aromatic rings. The summed E-state index contributed by atoms with van der Waals surface area (Å²) in [4.78, 5) is 3.47. The highest BCUT2D eigenvalue weighted by atomic mass is 32.1. The van der Waals surface area contributed by atoms with Crippen molar-refractivity contribution in [3.05, 3.63) is 0 Å². The number of halogens is 4. The van der Waals surface area contributed by atoms with Gasteiger partial charge in [-0.1, -0.05) is 0 Å². The fraction of sp³-hybridized carbons (Fsp3) is 0.600. The highest BCUT2D eigenvalue weighted by Gasteiger charge is 2.40. The molecule has 0 bridgehead atoms. The lowest BCUT2D eigenvalue weighted by Crippen LogP contribution is -2.34. The molecule has 1 heterocycles. The summed E-state index contributed by atoms with van der Waals surface area (Å²) in [5, 5.41) is 2.01. The van der Waals surface area contributed by atoms with Crippen molar-refractivity contribution in [2.45, 2.75) is 12.3 Å². The van der Waals surface area contributed by atoms with Crippen LogP contribution in [0, 0.1) is 0 Å². The van der Waals surface area contributed by atoms with E-state index in [0.717, 1.165) is 11.5 Å². The minimum atomic E-state index is -4.08. The molecule has 0 aromatic carbocycles. The molecule has 9 heteroatoms. The molecule has 0 amide bonds. The topological polar surface area (TPSA) is 63.8 Å². The number of nitrogens with one attached hydrogen (secondary N) is 1. The molecule has 0 aliphatic carbocycles. The standard InChI is InChI=1S/C5H6F4N4S/c6-2(7)5(8,9)1-11-4-12-3(10)13-14-4/h2H,1H2,(H3,10,11,12,13). The van der Waals surface area contributed by atoms with Crippen molar-refractivity contribution >= 4 is 22.6 Å². The van der Waals surface area contributed by atoms with Gasteiger partial charge in [0.15, 0.2) is 0 Å². The Balaban J connectivity index is 2.48. The van der Waals surface area contributed by atoms with E-state index >= 15 is 0 Å². The van der Waals surface area contributed by atoms with Gasteiger partial charge in [-0.15, -0.1) is 0 Å². The highest BCUT2D eigenvalue weighted by Crippen LogP contribution is 2.23. The molecule has 0 unspecified atom stereocenters. The number of anilines is 2. The summed E-state index contributed by atoms with van der Waals surface area (Å²) in [7, 11) is 0. The van der Waals surface area contributed by atoms with Gasteiger partial charge in [-0.2, -0.15) is 18.1 Å². The van der Waals surface area contributed by atoms with Gasteiger partial charge in [0.1, 0.15) is 0 Å². The van der Waals surface area contributed by atoms with Crippen LogP contribution < -0.4 is 11.1 Å². The van der Waals surface area contributed by atoms with Crippen molar-refractivity contribution in [1.29, 1.82) is 0 Å². The first-order valence-corrected chi connectivity index (χ1v) is 4.18. The molecule has 0 radical (unpaired) electrons. The first kappa shape index (κ1) is 11.0. The summed E-state index contributed by atoms with van der Waals surface area (Å²) in [6.45, 7) is -1.20. The predicted octanol–water partition coefficient (Wildman–Crippen LogP) is 1.43. The zero-order valence-electron chi connectivity index (χ0n) is 6.68. The van der Waals surface area contributed by atoms with E-state index in [1.807, 2.05) is 5.32 Å². The van der Waals surface area contributed by atoms with E-state index in [4.69, 9.17) is 5.73 Å². The highest BCUT2D eigenvalue weighted by molar-refractivity contribution is 7.09. The number of aromatic nitrogens is 2. The van der Waals surface area contributed by atoms with E-state index in [1.54, 1.807) is 0 Å². The Hall–Kier alpha value is -1.12. The molecule has 0 aliphatic heterocycles. The number of rotatable bonds is 4. The lowest BCUT2D eigenvalue weighted by Gasteiger charge is -2.14. The van der Waals surface area contributed by atoms with Crippen LogP contribution in [0.3, 0.4) is 0 Å². The van der Waals surface area contributed by atoms with Crippen molar-refractivity contribution in [1.82, 2.24) is 9.36 Å². The molecule has 14 heavy (non-hydrogen) atoms. The summed E-state index contributed by atoms with van der Waals surface area (Å²) < 4.78 is 51.5. The molecular formula is C5H6F4N4S. The molecule has 0 spiro atoms. The monoisotopic (exact) mass is 230 g/mol. The number of hydrogen-bond acceptors (Lipinski definition) is 5. The Labute approximate surface area is 80.3 Å². The van der Waals surface area contributed by atoms with Gasteiger partial charge < -0.3 is 11.1 Å². The zero-order valence-corrected chi connectivity index (χ0v) is 7.49. The Morgan fingerprint density at radius 3 is 2.57 bits per heavy atom. The number of nitrogens with zero attached hydrogens (tertiary/aromatic N) is 2. The van der Waals surface area contributed by atoms with E-state index in [1.165, 1.54) is 0 Å². The summed E-state index contributed by atoms with van der Waals surface area (Å²) in [6.07, 6.45) is -3.71. The fourth-order valence-electron chi connectivity index (χ4n) is 0.577.